The molecule has 0 aromatic heterocycles. The number of hydrogen-bond donors (Lipinski definition) is 0. The van der Waals surface area contributed by atoms with Gasteiger partial charge in [0.25, 0.3) is 0 Å². The summed E-state index contributed by atoms with van der Waals surface area (Å²) in [5, 5.41) is 0. The van der Waals surface area contributed by atoms with Crippen LogP contribution in [0.2, 0.25) is 0 Å². The van der Waals surface area contributed by atoms with Crippen LogP contribution >= 0.6 is 0 Å². The summed E-state index contributed by atoms with van der Waals surface area (Å²) in [5.74, 6) is 0. The van der Waals surface area contributed by atoms with Crippen molar-refractivity contribution in [3.8, 4) is 0 Å². The molecule has 0 bridgehead atoms. The normalized spacial score (nSPS) is 10.5. The minimum absolute atomic E-state index is 0. The molecule has 2 aromatic rings. The van der Waals surface area contributed by atoms with E-state index >= 15 is 0 Å². The van der Waals surface area contributed by atoms with Gasteiger partial charge in [-0.2, -0.15) is 0 Å². The van der Waals surface area contributed by atoms with Crippen molar-refractivity contribution in [1.29, 1.82) is 0 Å². The van der Waals surface area contributed by atoms with Gasteiger partial charge in [-0.25, -0.2) is 12.7 Å². The average molecular weight is 271 g/mol. The monoisotopic (exact) mass is 271 g/mol. The zero-order chi connectivity index (χ0) is 12.3. The standard InChI is InChI=1S/C12H11NO3S.Na/c14-17(15,16)13(11-7-3-1-4-8-11)12-9-5-2-6-10-12;/h1-10H,(H,14,15,16);/q;+1/p-1. The second kappa shape index (κ2) is 6.36. The van der Waals surface area contributed by atoms with Crippen LogP contribution in [0.25, 0.3) is 0 Å². The van der Waals surface area contributed by atoms with Gasteiger partial charge in [0.1, 0.15) is 0 Å². The molecule has 0 radical (unpaired) electrons. The Hall–Kier alpha value is -0.850. The summed E-state index contributed by atoms with van der Waals surface area (Å²) < 4.78 is 34.7. The van der Waals surface area contributed by atoms with E-state index in [-0.39, 0.29) is 29.6 Å². The molecule has 4 nitrogen and oxygen atoms in total. The Morgan fingerprint density at radius 2 is 1.11 bits per heavy atom. The van der Waals surface area contributed by atoms with Crippen molar-refractivity contribution in [1.82, 2.24) is 0 Å². The molecule has 0 unspecified atom stereocenters. The molecule has 0 N–H and O–H groups in total. The topological polar surface area (TPSA) is 60.4 Å². The Balaban J connectivity index is 0.00000162. The van der Waals surface area contributed by atoms with E-state index in [1.807, 2.05) is 0 Å². The van der Waals surface area contributed by atoms with Gasteiger partial charge in [-0.1, -0.05) is 36.4 Å². The number of nitrogens with zero attached hydrogens (tertiary/aromatic N) is 1. The molecule has 0 saturated heterocycles. The molecule has 0 amide bonds. The van der Waals surface area contributed by atoms with Crippen LogP contribution in [0.15, 0.2) is 60.7 Å². The Morgan fingerprint density at radius 3 is 1.39 bits per heavy atom. The van der Waals surface area contributed by atoms with Gasteiger partial charge < -0.3 is 4.55 Å². The van der Waals surface area contributed by atoms with Crippen molar-refractivity contribution in [2.24, 2.45) is 0 Å². The van der Waals surface area contributed by atoms with Crippen molar-refractivity contribution in [2.45, 2.75) is 0 Å². The molecule has 0 spiro atoms. The third kappa shape index (κ3) is 3.57. The summed E-state index contributed by atoms with van der Waals surface area (Å²) in [5.41, 5.74) is 0.655. The van der Waals surface area contributed by atoms with Crippen LogP contribution in [0.3, 0.4) is 0 Å². The van der Waals surface area contributed by atoms with Crippen molar-refractivity contribution in [2.75, 3.05) is 4.31 Å². The van der Waals surface area contributed by atoms with Gasteiger partial charge in [-0.3, -0.25) is 0 Å². The summed E-state index contributed by atoms with van der Waals surface area (Å²) in [6.07, 6.45) is 0. The van der Waals surface area contributed by atoms with E-state index in [4.69, 9.17) is 0 Å². The second-order valence-corrected chi connectivity index (χ2v) is 4.61. The third-order valence-electron chi connectivity index (χ3n) is 2.21. The van der Waals surface area contributed by atoms with Crippen LogP contribution in [-0.4, -0.2) is 13.0 Å². The molecule has 0 aliphatic rings. The van der Waals surface area contributed by atoms with Crippen LogP contribution in [0.1, 0.15) is 0 Å². The summed E-state index contributed by atoms with van der Waals surface area (Å²) in [7, 11) is -4.59. The molecule has 88 valence electrons. The van der Waals surface area contributed by atoms with Gasteiger partial charge in [0.2, 0.25) is 0 Å². The average Bonchev–Trinajstić information content (AvgIpc) is 2.30. The van der Waals surface area contributed by atoms with Gasteiger partial charge in [-0.15, -0.1) is 0 Å². The van der Waals surface area contributed by atoms with Crippen molar-refractivity contribution < 1.29 is 42.5 Å². The van der Waals surface area contributed by atoms with E-state index in [1.165, 1.54) is 0 Å². The van der Waals surface area contributed by atoms with Crippen LogP contribution in [0.5, 0.6) is 0 Å². The largest absolute Gasteiger partial charge is 1.00 e. The van der Waals surface area contributed by atoms with Crippen LogP contribution in [-0.2, 0) is 10.3 Å². The van der Waals surface area contributed by atoms with Crippen LogP contribution in [0.4, 0.5) is 11.4 Å². The van der Waals surface area contributed by atoms with E-state index in [9.17, 15) is 13.0 Å². The first kappa shape index (κ1) is 15.2. The molecule has 0 fully saturated rings. The van der Waals surface area contributed by atoms with Gasteiger partial charge in [0.05, 0.1) is 11.4 Å². The van der Waals surface area contributed by atoms with E-state index in [0.717, 1.165) is 4.31 Å². The number of para-hydroxylation sites is 2. The first-order chi connectivity index (χ1) is 8.09. The molecule has 0 aliphatic carbocycles. The molecule has 2 aromatic carbocycles. The van der Waals surface area contributed by atoms with Crippen LogP contribution in [0, 0.1) is 0 Å². The third-order valence-corrected chi connectivity index (χ3v) is 3.07. The zero-order valence-corrected chi connectivity index (χ0v) is 12.7. The molecule has 0 saturated carbocycles. The zero-order valence-electron chi connectivity index (χ0n) is 9.85. The summed E-state index contributed by atoms with van der Waals surface area (Å²) in [6, 6.07) is 16.5. The molecule has 0 heterocycles. The van der Waals surface area contributed by atoms with Crippen molar-refractivity contribution in [3.63, 3.8) is 0 Å². The Labute approximate surface area is 128 Å². The predicted octanol–water partition coefficient (Wildman–Crippen LogP) is -0.711. The molecular weight excluding hydrogens is 261 g/mol. The fraction of sp³-hybridized carbons (Fsp3) is 0. The van der Waals surface area contributed by atoms with Gasteiger partial charge in [0, 0.05) is 0 Å². The van der Waals surface area contributed by atoms with Crippen molar-refractivity contribution >= 4 is 21.7 Å². The van der Waals surface area contributed by atoms with Gasteiger partial charge >= 0.3 is 29.6 Å². The quantitative estimate of drug-likeness (QED) is 0.547. The SMILES string of the molecule is O=S(=O)([O-])N(c1ccccc1)c1ccccc1.[Na+]. The predicted molar refractivity (Wildman–Crippen MR) is 64.7 cm³/mol. The van der Waals surface area contributed by atoms with E-state index in [1.54, 1.807) is 60.7 Å². The van der Waals surface area contributed by atoms with Gasteiger partial charge in [-0.05, 0) is 24.3 Å². The van der Waals surface area contributed by atoms with E-state index < -0.39 is 10.3 Å². The summed E-state index contributed by atoms with van der Waals surface area (Å²) in [4.78, 5) is 0. The first-order valence-corrected chi connectivity index (χ1v) is 6.32. The van der Waals surface area contributed by atoms with Crippen LogP contribution < -0.4 is 33.9 Å². The smallest absolute Gasteiger partial charge is 0.731 e. The number of rotatable bonds is 3. The molecule has 2 rings (SSSR count). The Bertz CT molecular complexity index is 548. The minimum atomic E-state index is -4.59. The molecule has 0 atom stereocenters. The molecule has 0 aliphatic heterocycles. The van der Waals surface area contributed by atoms with E-state index in [0.29, 0.717) is 11.4 Å². The minimum Gasteiger partial charge on any atom is -0.731 e. The molecular formula is C12H10NNaO3S. The fourth-order valence-corrected chi connectivity index (χ4v) is 2.29. The summed E-state index contributed by atoms with van der Waals surface area (Å²) in [6.45, 7) is 0. The molecule has 18 heavy (non-hydrogen) atoms. The van der Waals surface area contributed by atoms with Gasteiger partial charge in [0.15, 0.2) is 10.3 Å². The Kier molecular flexibility index (Phi) is 5.37. The fourth-order valence-electron chi connectivity index (χ4n) is 1.53. The maximum atomic E-state index is 11.3. The number of anilines is 2. The maximum absolute atomic E-state index is 11.3. The number of benzene rings is 2. The summed E-state index contributed by atoms with van der Waals surface area (Å²) >= 11 is 0. The van der Waals surface area contributed by atoms with E-state index in [2.05, 4.69) is 0 Å². The molecule has 6 heteroatoms. The Morgan fingerprint density at radius 1 is 0.778 bits per heavy atom. The second-order valence-electron chi connectivity index (χ2n) is 3.39. The maximum Gasteiger partial charge on any atom is 1.00 e. The van der Waals surface area contributed by atoms with Crippen molar-refractivity contribution in [3.05, 3.63) is 60.7 Å². The number of hydrogen-bond acceptors (Lipinski definition) is 3. The first-order valence-electron chi connectivity index (χ1n) is 4.95.